The zero-order valence-corrected chi connectivity index (χ0v) is 25.3. The van der Waals surface area contributed by atoms with E-state index in [4.69, 9.17) is 16.3 Å². The number of carbonyl (C=O) groups excluding carboxylic acids is 2. The number of aryl methyl sites for hydroxylation is 1. The van der Waals surface area contributed by atoms with Crippen molar-refractivity contribution in [2.24, 2.45) is 0 Å². The first-order valence-electron chi connectivity index (χ1n) is 12.2. The van der Waals surface area contributed by atoms with Gasteiger partial charge < -0.3 is 15.0 Å². The summed E-state index contributed by atoms with van der Waals surface area (Å²) in [4.78, 5) is 28.1. The molecular formula is C28H31BrClN3O5S. The lowest BCUT2D eigenvalue weighted by Crippen LogP contribution is -2.51. The van der Waals surface area contributed by atoms with Gasteiger partial charge in [0.15, 0.2) is 0 Å². The van der Waals surface area contributed by atoms with Crippen molar-refractivity contribution in [3.63, 3.8) is 0 Å². The Labute approximate surface area is 243 Å². The largest absolute Gasteiger partial charge is 0.496 e. The third-order valence-electron chi connectivity index (χ3n) is 6.21. The van der Waals surface area contributed by atoms with Crippen LogP contribution in [-0.4, -0.2) is 51.9 Å². The molecule has 0 radical (unpaired) electrons. The van der Waals surface area contributed by atoms with Crippen LogP contribution in [0.2, 0.25) is 5.02 Å². The van der Waals surface area contributed by atoms with Crippen LogP contribution in [0.15, 0.2) is 76.1 Å². The van der Waals surface area contributed by atoms with Crippen molar-refractivity contribution in [2.45, 2.75) is 37.8 Å². The average Bonchev–Trinajstić information content (AvgIpc) is 2.92. The molecule has 0 aliphatic rings. The quantitative estimate of drug-likeness (QED) is 0.314. The van der Waals surface area contributed by atoms with Crippen LogP contribution in [0.25, 0.3) is 0 Å². The number of hydrogen-bond acceptors (Lipinski definition) is 5. The molecule has 0 aliphatic carbocycles. The first kappa shape index (κ1) is 30.5. The van der Waals surface area contributed by atoms with Gasteiger partial charge in [-0.25, -0.2) is 8.42 Å². The monoisotopic (exact) mass is 635 g/mol. The molecule has 208 valence electrons. The van der Waals surface area contributed by atoms with Crippen LogP contribution in [0.1, 0.15) is 24.5 Å². The first-order chi connectivity index (χ1) is 18.5. The van der Waals surface area contributed by atoms with Crippen molar-refractivity contribution in [2.75, 3.05) is 25.0 Å². The van der Waals surface area contributed by atoms with Crippen LogP contribution in [0, 0.1) is 6.92 Å². The molecule has 0 heterocycles. The normalized spacial score (nSPS) is 11.9. The van der Waals surface area contributed by atoms with Gasteiger partial charge in [-0.3, -0.25) is 13.9 Å². The zero-order chi connectivity index (χ0) is 28.7. The molecule has 3 rings (SSSR count). The number of ether oxygens (including phenoxy) is 1. The van der Waals surface area contributed by atoms with Crippen LogP contribution >= 0.6 is 27.5 Å². The Kier molecular flexibility index (Phi) is 10.4. The Hall–Kier alpha value is -3.08. The van der Waals surface area contributed by atoms with E-state index in [1.807, 2.05) is 6.92 Å². The van der Waals surface area contributed by atoms with Gasteiger partial charge in [-0.1, -0.05) is 48.4 Å². The fraction of sp³-hybridized carbons (Fsp3) is 0.286. The van der Waals surface area contributed by atoms with Crippen molar-refractivity contribution < 1.29 is 22.7 Å². The van der Waals surface area contributed by atoms with Crippen LogP contribution in [0.3, 0.4) is 0 Å². The lowest BCUT2D eigenvalue weighted by Gasteiger charge is -2.33. The number of likely N-dealkylation sites (N-methyl/N-ethyl adjacent to an activating group) is 1. The maximum atomic E-state index is 14.0. The number of benzene rings is 3. The second-order valence-electron chi connectivity index (χ2n) is 8.83. The number of rotatable bonds is 11. The van der Waals surface area contributed by atoms with E-state index in [1.165, 1.54) is 37.3 Å². The summed E-state index contributed by atoms with van der Waals surface area (Å²) in [7, 11) is -1.21. The van der Waals surface area contributed by atoms with Crippen molar-refractivity contribution >= 4 is 55.1 Å². The highest BCUT2D eigenvalue weighted by Gasteiger charge is 2.33. The van der Waals surface area contributed by atoms with Crippen LogP contribution < -0.4 is 14.4 Å². The molecule has 1 atom stereocenters. The predicted octanol–water partition coefficient (Wildman–Crippen LogP) is 5.17. The predicted molar refractivity (Wildman–Crippen MR) is 157 cm³/mol. The molecule has 39 heavy (non-hydrogen) atoms. The summed E-state index contributed by atoms with van der Waals surface area (Å²) < 4.78 is 34.7. The van der Waals surface area contributed by atoms with Gasteiger partial charge in [-0.05, 0) is 77.3 Å². The summed E-state index contributed by atoms with van der Waals surface area (Å²) in [6.45, 7) is 3.26. The summed E-state index contributed by atoms with van der Waals surface area (Å²) in [5, 5.41) is 3.15. The lowest BCUT2D eigenvalue weighted by molar-refractivity contribution is -0.140. The van der Waals surface area contributed by atoms with Crippen molar-refractivity contribution in [1.82, 2.24) is 10.2 Å². The van der Waals surface area contributed by atoms with Gasteiger partial charge in [0.25, 0.3) is 10.0 Å². The topological polar surface area (TPSA) is 96.0 Å². The molecule has 0 saturated carbocycles. The van der Waals surface area contributed by atoms with E-state index in [0.717, 1.165) is 15.4 Å². The lowest BCUT2D eigenvalue weighted by atomic mass is 10.1. The van der Waals surface area contributed by atoms with E-state index in [-0.39, 0.29) is 17.3 Å². The second kappa shape index (κ2) is 13.3. The van der Waals surface area contributed by atoms with Gasteiger partial charge in [-0.2, -0.15) is 0 Å². The van der Waals surface area contributed by atoms with Crippen molar-refractivity contribution in [3.05, 3.63) is 87.4 Å². The highest BCUT2D eigenvalue weighted by atomic mass is 79.9. The molecule has 0 aliphatic heterocycles. The number of sulfonamides is 1. The summed E-state index contributed by atoms with van der Waals surface area (Å²) in [5.41, 5.74) is 2.00. The zero-order valence-electron chi connectivity index (χ0n) is 22.1. The molecule has 0 fully saturated rings. The number of amides is 2. The summed E-state index contributed by atoms with van der Waals surface area (Å²) in [6, 6.07) is 17.4. The number of hydrogen-bond donors (Lipinski definition) is 1. The van der Waals surface area contributed by atoms with E-state index in [2.05, 4.69) is 21.2 Å². The third-order valence-corrected chi connectivity index (χ3v) is 8.85. The molecule has 0 saturated heterocycles. The van der Waals surface area contributed by atoms with Crippen molar-refractivity contribution in [3.8, 4) is 5.75 Å². The van der Waals surface area contributed by atoms with E-state index in [1.54, 1.807) is 55.5 Å². The van der Waals surface area contributed by atoms with Crippen molar-refractivity contribution in [1.29, 1.82) is 0 Å². The Bertz CT molecular complexity index is 1420. The number of anilines is 1. The molecular weight excluding hydrogens is 606 g/mol. The van der Waals surface area contributed by atoms with Crippen LogP contribution in [0.5, 0.6) is 5.75 Å². The van der Waals surface area contributed by atoms with Gasteiger partial charge in [0.2, 0.25) is 11.8 Å². The van der Waals surface area contributed by atoms with E-state index >= 15 is 0 Å². The number of halogens is 2. The SMILES string of the molecule is CC[C@H](C(=O)NC)N(Cc1ccc(Cl)cc1)C(=O)CN(c1ccc(C)cc1)S(=O)(=O)c1ccc(OC)c(Br)c1. The Morgan fingerprint density at radius 2 is 1.69 bits per heavy atom. The van der Waals surface area contributed by atoms with Crippen LogP contribution in [0.4, 0.5) is 5.69 Å². The highest BCUT2D eigenvalue weighted by molar-refractivity contribution is 9.10. The third kappa shape index (κ3) is 7.32. The summed E-state index contributed by atoms with van der Waals surface area (Å²) in [5.74, 6) is -0.404. The van der Waals surface area contributed by atoms with Gasteiger partial charge in [0.1, 0.15) is 18.3 Å². The number of methoxy groups -OCH3 is 1. The number of nitrogens with zero attached hydrogens (tertiary/aromatic N) is 2. The first-order valence-corrected chi connectivity index (χ1v) is 14.8. The summed E-state index contributed by atoms with van der Waals surface area (Å²) >= 11 is 9.38. The number of carbonyl (C=O) groups is 2. The highest BCUT2D eigenvalue weighted by Crippen LogP contribution is 2.31. The fourth-order valence-electron chi connectivity index (χ4n) is 4.05. The van der Waals surface area contributed by atoms with Gasteiger partial charge >= 0.3 is 0 Å². The second-order valence-corrected chi connectivity index (χ2v) is 12.0. The van der Waals surface area contributed by atoms with Gasteiger partial charge in [0.05, 0.1) is 22.2 Å². The molecule has 0 unspecified atom stereocenters. The molecule has 0 spiro atoms. The maximum Gasteiger partial charge on any atom is 0.264 e. The Morgan fingerprint density at radius 3 is 2.23 bits per heavy atom. The average molecular weight is 637 g/mol. The smallest absolute Gasteiger partial charge is 0.264 e. The van der Waals surface area contributed by atoms with Crippen LogP contribution in [-0.2, 0) is 26.2 Å². The Morgan fingerprint density at radius 1 is 1.05 bits per heavy atom. The van der Waals surface area contributed by atoms with E-state index in [0.29, 0.717) is 27.4 Å². The molecule has 11 heteroatoms. The standard InChI is InChI=1S/C28H31BrClN3O5S/c1-5-25(28(35)31-3)32(17-20-8-10-21(30)11-9-20)27(34)18-33(22-12-6-19(2)7-13-22)39(36,37)23-14-15-26(38-4)24(29)16-23/h6-16,25H,5,17-18H2,1-4H3,(H,31,35)/t25-/m1/s1. The number of nitrogens with one attached hydrogen (secondary N) is 1. The molecule has 2 amide bonds. The van der Waals surface area contributed by atoms with E-state index < -0.39 is 28.5 Å². The molecule has 8 nitrogen and oxygen atoms in total. The minimum atomic E-state index is -4.20. The van der Waals surface area contributed by atoms with Gasteiger partial charge in [-0.15, -0.1) is 0 Å². The van der Waals surface area contributed by atoms with Gasteiger partial charge in [0, 0.05) is 18.6 Å². The molecule has 0 aromatic heterocycles. The van der Waals surface area contributed by atoms with E-state index in [9.17, 15) is 18.0 Å². The molecule has 3 aromatic carbocycles. The molecule has 1 N–H and O–H groups in total. The minimum Gasteiger partial charge on any atom is -0.496 e. The Balaban J connectivity index is 2.07. The maximum absolute atomic E-state index is 14.0. The fourth-order valence-corrected chi connectivity index (χ4v) is 6.31. The summed E-state index contributed by atoms with van der Waals surface area (Å²) in [6.07, 6.45) is 0.335. The molecule has 0 bridgehead atoms. The molecule has 3 aromatic rings. The minimum absolute atomic E-state index is 0.0221.